The molecule has 1 heterocycles. The molecule has 0 radical (unpaired) electrons. The third kappa shape index (κ3) is 5.32. The summed E-state index contributed by atoms with van der Waals surface area (Å²) < 4.78 is 17.3. The van der Waals surface area contributed by atoms with E-state index >= 15 is 0 Å². The second-order valence-electron chi connectivity index (χ2n) is 7.00. The van der Waals surface area contributed by atoms with E-state index in [1.165, 1.54) is 0 Å². The number of rotatable bonds is 10. The Morgan fingerprint density at radius 1 is 0.969 bits per heavy atom. The van der Waals surface area contributed by atoms with Gasteiger partial charge in [0.2, 0.25) is 0 Å². The molecule has 0 spiro atoms. The molecule has 0 aliphatic rings. The van der Waals surface area contributed by atoms with Crippen LogP contribution in [0.15, 0.2) is 42.5 Å². The summed E-state index contributed by atoms with van der Waals surface area (Å²) in [5.74, 6) is -0.367. The van der Waals surface area contributed by atoms with E-state index < -0.39 is 11.9 Å². The number of ether oxygens (including phenoxy) is 3. The Morgan fingerprint density at radius 2 is 1.75 bits per heavy atom. The molecule has 0 amide bonds. The summed E-state index contributed by atoms with van der Waals surface area (Å²) in [5.41, 5.74) is 2.81. The van der Waals surface area contributed by atoms with Crippen LogP contribution >= 0.6 is 0 Å². The van der Waals surface area contributed by atoms with Crippen molar-refractivity contribution < 1.29 is 28.9 Å². The van der Waals surface area contributed by atoms with E-state index in [9.17, 15) is 14.7 Å². The van der Waals surface area contributed by atoms with Gasteiger partial charge in [-0.15, -0.1) is 0 Å². The number of benzene rings is 2. The Kier molecular flexibility index (Phi) is 7.59. The Labute approximate surface area is 186 Å². The summed E-state index contributed by atoms with van der Waals surface area (Å²) >= 11 is 0. The summed E-state index contributed by atoms with van der Waals surface area (Å²) in [4.78, 5) is 24.5. The summed E-state index contributed by atoms with van der Waals surface area (Å²) in [5, 5.41) is 14.0. The first kappa shape index (κ1) is 23.0. The van der Waals surface area contributed by atoms with Crippen molar-refractivity contribution in [1.82, 2.24) is 4.57 Å². The number of nitrogens with zero attached hydrogens (tertiary/aromatic N) is 1. The SMILES string of the molecule is CCOC(=O)Cn1c(C(=O)OCC)cc2cc(NCc3ccc(O)c(OCC)c3)ccc21. The van der Waals surface area contributed by atoms with Gasteiger partial charge in [-0.2, -0.15) is 0 Å². The predicted octanol–water partition coefficient (Wildman–Crippen LogP) is 4.10. The van der Waals surface area contributed by atoms with E-state index in [4.69, 9.17) is 14.2 Å². The van der Waals surface area contributed by atoms with E-state index in [0.717, 1.165) is 22.2 Å². The number of hydrogen-bond donors (Lipinski definition) is 2. The van der Waals surface area contributed by atoms with Gasteiger partial charge in [0.05, 0.1) is 19.8 Å². The fourth-order valence-electron chi connectivity index (χ4n) is 3.40. The lowest BCUT2D eigenvalue weighted by atomic mass is 10.2. The highest BCUT2D eigenvalue weighted by atomic mass is 16.5. The first-order valence-electron chi connectivity index (χ1n) is 10.6. The number of aromatic nitrogens is 1. The van der Waals surface area contributed by atoms with Crippen LogP contribution in [-0.4, -0.2) is 41.4 Å². The van der Waals surface area contributed by atoms with Gasteiger partial charge in [0.15, 0.2) is 11.5 Å². The zero-order valence-electron chi connectivity index (χ0n) is 18.5. The summed E-state index contributed by atoms with van der Waals surface area (Å²) in [6, 6.07) is 12.6. The van der Waals surface area contributed by atoms with E-state index in [2.05, 4.69) is 5.32 Å². The molecule has 0 aliphatic heterocycles. The molecule has 3 aromatic rings. The third-order valence-electron chi connectivity index (χ3n) is 4.80. The monoisotopic (exact) mass is 440 g/mol. The molecule has 32 heavy (non-hydrogen) atoms. The van der Waals surface area contributed by atoms with Gasteiger partial charge < -0.3 is 29.2 Å². The van der Waals surface area contributed by atoms with Crippen LogP contribution in [0.25, 0.3) is 10.9 Å². The lowest BCUT2D eigenvalue weighted by Crippen LogP contribution is -2.18. The zero-order valence-corrected chi connectivity index (χ0v) is 18.5. The quantitative estimate of drug-likeness (QED) is 0.458. The smallest absolute Gasteiger partial charge is 0.354 e. The van der Waals surface area contributed by atoms with Gasteiger partial charge in [0.25, 0.3) is 0 Å². The average Bonchev–Trinajstić information content (AvgIpc) is 3.12. The van der Waals surface area contributed by atoms with Crippen molar-refractivity contribution in [2.75, 3.05) is 25.1 Å². The second-order valence-corrected chi connectivity index (χ2v) is 7.00. The number of hydrogen-bond acceptors (Lipinski definition) is 7. The van der Waals surface area contributed by atoms with Crippen LogP contribution in [0.1, 0.15) is 36.8 Å². The maximum absolute atomic E-state index is 12.4. The summed E-state index contributed by atoms with van der Waals surface area (Å²) in [6.07, 6.45) is 0. The first-order valence-corrected chi connectivity index (χ1v) is 10.6. The highest BCUT2D eigenvalue weighted by Crippen LogP contribution is 2.28. The summed E-state index contributed by atoms with van der Waals surface area (Å²) in [7, 11) is 0. The number of carbonyl (C=O) groups excluding carboxylic acids is 2. The number of fused-ring (bicyclic) bond motifs is 1. The van der Waals surface area contributed by atoms with Gasteiger partial charge in [0, 0.05) is 23.1 Å². The van der Waals surface area contributed by atoms with Crippen LogP contribution in [0.3, 0.4) is 0 Å². The first-order chi connectivity index (χ1) is 15.5. The normalized spacial score (nSPS) is 10.7. The molecule has 8 nitrogen and oxygen atoms in total. The molecular weight excluding hydrogens is 412 g/mol. The second kappa shape index (κ2) is 10.6. The standard InChI is InChI=1S/C24H28N2O6/c1-4-30-22-11-16(7-10-21(22)27)14-25-18-8-9-19-17(12-18)13-20(24(29)32-6-3)26(19)15-23(28)31-5-2/h7-13,25,27H,4-6,14-15H2,1-3H3. The van der Waals surface area contributed by atoms with Crippen LogP contribution in [-0.2, 0) is 27.4 Å². The molecule has 0 saturated carbocycles. The highest BCUT2D eigenvalue weighted by Gasteiger charge is 2.19. The predicted molar refractivity (Wildman–Crippen MR) is 121 cm³/mol. The fraction of sp³-hybridized carbons (Fsp3) is 0.333. The molecule has 0 saturated heterocycles. The summed E-state index contributed by atoms with van der Waals surface area (Å²) in [6.45, 7) is 6.74. The molecule has 0 atom stereocenters. The lowest BCUT2D eigenvalue weighted by molar-refractivity contribution is -0.143. The zero-order chi connectivity index (χ0) is 23.1. The number of esters is 2. The van der Waals surface area contributed by atoms with Crippen molar-refractivity contribution >= 4 is 28.5 Å². The topological polar surface area (TPSA) is 99.0 Å². The minimum atomic E-state index is -0.491. The molecular formula is C24H28N2O6. The maximum Gasteiger partial charge on any atom is 0.354 e. The average molecular weight is 440 g/mol. The van der Waals surface area contributed by atoms with E-state index in [-0.39, 0.29) is 25.5 Å². The Bertz CT molecular complexity index is 1110. The Hall–Kier alpha value is -3.68. The molecule has 2 N–H and O–H groups in total. The molecule has 3 rings (SSSR count). The number of aromatic hydroxyl groups is 1. The third-order valence-corrected chi connectivity index (χ3v) is 4.80. The van der Waals surface area contributed by atoms with E-state index in [1.54, 1.807) is 36.6 Å². The molecule has 8 heteroatoms. The molecule has 0 aliphatic carbocycles. The van der Waals surface area contributed by atoms with Gasteiger partial charge in [-0.3, -0.25) is 4.79 Å². The van der Waals surface area contributed by atoms with Crippen LogP contribution in [0.2, 0.25) is 0 Å². The van der Waals surface area contributed by atoms with E-state index in [1.807, 2.05) is 31.2 Å². The minimum Gasteiger partial charge on any atom is -0.504 e. The van der Waals surface area contributed by atoms with Crippen LogP contribution in [0, 0.1) is 0 Å². The number of nitrogens with one attached hydrogen (secondary N) is 1. The number of carbonyl (C=O) groups is 2. The fourth-order valence-corrected chi connectivity index (χ4v) is 3.40. The lowest BCUT2D eigenvalue weighted by Gasteiger charge is -2.11. The van der Waals surface area contributed by atoms with Crippen LogP contribution in [0.4, 0.5) is 5.69 Å². The van der Waals surface area contributed by atoms with Gasteiger partial charge in [-0.05, 0) is 62.7 Å². The van der Waals surface area contributed by atoms with Gasteiger partial charge in [-0.1, -0.05) is 6.07 Å². The van der Waals surface area contributed by atoms with Crippen LogP contribution in [0.5, 0.6) is 11.5 Å². The van der Waals surface area contributed by atoms with Gasteiger partial charge in [-0.25, -0.2) is 4.79 Å². The molecule has 2 aromatic carbocycles. The van der Waals surface area contributed by atoms with Gasteiger partial charge in [0.1, 0.15) is 12.2 Å². The van der Waals surface area contributed by atoms with Crippen molar-refractivity contribution in [3.63, 3.8) is 0 Å². The van der Waals surface area contributed by atoms with Crippen molar-refractivity contribution in [1.29, 1.82) is 0 Å². The molecule has 0 unspecified atom stereocenters. The molecule has 170 valence electrons. The highest BCUT2D eigenvalue weighted by molar-refractivity contribution is 5.97. The number of phenols is 1. The largest absolute Gasteiger partial charge is 0.504 e. The Morgan fingerprint density at radius 3 is 2.47 bits per heavy atom. The van der Waals surface area contributed by atoms with Crippen molar-refractivity contribution in [2.45, 2.75) is 33.9 Å². The molecule has 0 fully saturated rings. The van der Waals surface area contributed by atoms with Crippen molar-refractivity contribution in [2.24, 2.45) is 0 Å². The Balaban J connectivity index is 1.85. The van der Waals surface area contributed by atoms with Crippen molar-refractivity contribution in [3.05, 3.63) is 53.7 Å². The maximum atomic E-state index is 12.4. The number of anilines is 1. The van der Waals surface area contributed by atoms with Crippen LogP contribution < -0.4 is 10.1 Å². The van der Waals surface area contributed by atoms with Crippen molar-refractivity contribution in [3.8, 4) is 11.5 Å². The number of phenolic OH excluding ortho intramolecular Hbond substituents is 1. The van der Waals surface area contributed by atoms with Gasteiger partial charge >= 0.3 is 11.9 Å². The molecule has 1 aromatic heterocycles. The minimum absolute atomic E-state index is 0.0774. The van der Waals surface area contributed by atoms with E-state index in [0.29, 0.717) is 24.6 Å². The molecule has 0 bridgehead atoms.